The third-order valence-electron chi connectivity index (χ3n) is 2.71. The van der Waals surface area contributed by atoms with E-state index in [4.69, 9.17) is 0 Å². The van der Waals surface area contributed by atoms with Crippen LogP contribution in [0.25, 0.3) is 11.1 Å². The van der Waals surface area contributed by atoms with Crippen LogP contribution in [0, 0.1) is 0 Å². The molecule has 2 aromatic rings. The van der Waals surface area contributed by atoms with Crippen molar-refractivity contribution in [3.8, 4) is 11.1 Å². The van der Waals surface area contributed by atoms with Crippen molar-refractivity contribution in [3.63, 3.8) is 0 Å². The minimum Gasteiger partial charge on any atom is -0.0619 e. The molecule has 0 atom stereocenters. The fraction of sp³-hybridized carbons (Fsp3) is 0.0769. The topological polar surface area (TPSA) is 0 Å². The van der Waals surface area contributed by atoms with Gasteiger partial charge in [-0.3, -0.25) is 0 Å². The minimum atomic E-state index is 0. The Labute approximate surface area is 101 Å². The van der Waals surface area contributed by atoms with Crippen molar-refractivity contribution in [1.29, 1.82) is 0 Å². The van der Waals surface area contributed by atoms with Gasteiger partial charge < -0.3 is 0 Å². The van der Waals surface area contributed by atoms with Gasteiger partial charge in [0.1, 0.15) is 0 Å². The largest absolute Gasteiger partial charge is 0.0619 e. The summed E-state index contributed by atoms with van der Waals surface area (Å²) in [5.41, 5.74) is 5.75. The summed E-state index contributed by atoms with van der Waals surface area (Å²) in [6, 6.07) is 17.3. The molecule has 2 aromatic carbocycles. The Morgan fingerprint density at radius 3 is 1.57 bits per heavy atom. The van der Waals surface area contributed by atoms with Crippen molar-refractivity contribution in [2.75, 3.05) is 0 Å². The standard InChI is InChI=1S/C13H10.Sn/c1-3-7-12-10(5-1)9-11-6-2-4-8-13(11)12;/h1-8H,9H2;. The summed E-state index contributed by atoms with van der Waals surface area (Å²) in [5, 5.41) is 0. The van der Waals surface area contributed by atoms with E-state index in [0.29, 0.717) is 0 Å². The van der Waals surface area contributed by atoms with Crippen molar-refractivity contribution in [2.24, 2.45) is 0 Å². The maximum Gasteiger partial charge on any atom is 0 e. The van der Waals surface area contributed by atoms with Crippen LogP contribution in [0.1, 0.15) is 11.1 Å². The molecule has 0 aliphatic heterocycles. The molecular weight excluding hydrogens is 275 g/mol. The average Bonchev–Trinajstić information content (AvgIpc) is 2.56. The molecule has 0 fully saturated rings. The van der Waals surface area contributed by atoms with Gasteiger partial charge in [-0.15, -0.1) is 0 Å². The molecule has 0 spiro atoms. The van der Waals surface area contributed by atoms with Gasteiger partial charge in [0.15, 0.2) is 0 Å². The molecule has 0 unspecified atom stereocenters. The zero-order chi connectivity index (χ0) is 8.67. The molecule has 0 nitrogen and oxygen atoms in total. The number of rotatable bonds is 0. The van der Waals surface area contributed by atoms with Crippen molar-refractivity contribution in [3.05, 3.63) is 59.7 Å². The van der Waals surface area contributed by atoms with Gasteiger partial charge in [-0.25, -0.2) is 0 Å². The summed E-state index contributed by atoms with van der Waals surface area (Å²) in [4.78, 5) is 0. The Morgan fingerprint density at radius 1 is 0.643 bits per heavy atom. The Morgan fingerprint density at radius 2 is 1.07 bits per heavy atom. The zero-order valence-electron chi connectivity index (χ0n) is 7.83. The first kappa shape index (κ1) is 9.78. The number of hydrogen-bond donors (Lipinski definition) is 0. The average molecular weight is 285 g/mol. The molecule has 0 saturated carbocycles. The van der Waals surface area contributed by atoms with Crippen LogP contribution in [0.15, 0.2) is 48.5 Å². The first-order chi connectivity index (χ1) is 6.45. The fourth-order valence-corrected chi connectivity index (χ4v) is 2.08. The van der Waals surface area contributed by atoms with Gasteiger partial charge in [-0.05, 0) is 28.7 Å². The first-order valence-electron chi connectivity index (χ1n) is 4.61. The van der Waals surface area contributed by atoms with Crippen LogP contribution < -0.4 is 0 Å². The normalized spacial score (nSPS) is 11.4. The third kappa shape index (κ3) is 1.38. The molecule has 0 amide bonds. The van der Waals surface area contributed by atoms with Crippen LogP contribution in [0.5, 0.6) is 0 Å². The molecule has 4 radical (unpaired) electrons. The van der Waals surface area contributed by atoms with E-state index in [-0.39, 0.29) is 23.9 Å². The maximum atomic E-state index is 2.22. The van der Waals surface area contributed by atoms with Gasteiger partial charge in [0.25, 0.3) is 0 Å². The van der Waals surface area contributed by atoms with Crippen molar-refractivity contribution in [1.82, 2.24) is 0 Å². The SMILES string of the molecule is [Sn].c1ccc2c(c1)Cc1ccccc1-2. The summed E-state index contributed by atoms with van der Waals surface area (Å²) in [6.07, 6.45) is 1.10. The van der Waals surface area contributed by atoms with Crippen LogP contribution in [0.4, 0.5) is 0 Å². The second-order valence-electron chi connectivity index (χ2n) is 3.49. The summed E-state index contributed by atoms with van der Waals surface area (Å²) >= 11 is 0. The van der Waals surface area contributed by atoms with E-state index in [1.807, 2.05) is 0 Å². The van der Waals surface area contributed by atoms with Crippen molar-refractivity contribution >= 4 is 23.9 Å². The van der Waals surface area contributed by atoms with E-state index in [1.165, 1.54) is 22.3 Å². The molecule has 3 rings (SSSR count). The van der Waals surface area contributed by atoms with Crippen molar-refractivity contribution < 1.29 is 0 Å². The number of hydrogen-bond acceptors (Lipinski definition) is 0. The predicted octanol–water partition coefficient (Wildman–Crippen LogP) is 2.88. The second kappa shape index (κ2) is 3.77. The second-order valence-corrected chi connectivity index (χ2v) is 3.49. The molecule has 0 N–H and O–H groups in total. The molecule has 0 bridgehead atoms. The molecule has 0 heterocycles. The van der Waals surface area contributed by atoms with Gasteiger partial charge in [0, 0.05) is 23.9 Å². The van der Waals surface area contributed by atoms with Gasteiger partial charge in [0.2, 0.25) is 0 Å². The first-order valence-corrected chi connectivity index (χ1v) is 4.61. The summed E-state index contributed by atoms with van der Waals surface area (Å²) < 4.78 is 0. The van der Waals surface area contributed by atoms with E-state index in [2.05, 4.69) is 48.5 Å². The molecule has 1 heteroatoms. The molecule has 66 valence electrons. The van der Waals surface area contributed by atoms with Gasteiger partial charge in [0.05, 0.1) is 0 Å². The number of benzene rings is 2. The molecular formula is C13H10Sn. The van der Waals surface area contributed by atoms with E-state index in [1.54, 1.807) is 0 Å². The smallest absolute Gasteiger partial charge is 0 e. The summed E-state index contributed by atoms with van der Waals surface area (Å²) in [6.45, 7) is 0. The van der Waals surface area contributed by atoms with E-state index < -0.39 is 0 Å². The quantitative estimate of drug-likeness (QED) is 0.557. The van der Waals surface area contributed by atoms with Gasteiger partial charge in [-0.1, -0.05) is 48.5 Å². The van der Waals surface area contributed by atoms with E-state index >= 15 is 0 Å². The Hall–Kier alpha value is -0.761. The Kier molecular flexibility index (Phi) is 2.64. The fourth-order valence-electron chi connectivity index (χ4n) is 2.08. The third-order valence-corrected chi connectivity index (χ3v) is 2.71. The Balaban J connectivity index is 0.000000750. The summed E-state index contributed by atoms with van der Waals surface area (Å²) in [7, 11) is 0. The van der Waals surface area contributed by atoms with Crippen LogP contribution in [-0.4, -0.2) is 23.9 Å². The number of fused-ring (bicyclic) bond motifs is 3. The van der Waals surface area contributed by atoms with Crippen LogP contribution in [0.2, 0.25) is 0 Å². The molecule has 14 heavy (non-hydrogen) atoms. The molecule has 0 aromatic heterocycles. The molecule has 1 aliphatic carbocycles. The Bertz CT molecular complexity index is 417. The summed E-state index contributed by atoms with van der Waals surface area (Å²) in [5.74, 6) is 0. The van der Waals surface area contributed by atoms with Crippen LogP contribution in [-0.2, 0) is 6.42 Å². The minimum absolute atomic E-state index is 0. The zero-order valence-corrected chi connectivity index (χ0v) is 10.7. The maximum absolute atomic E-state index is 2.22. The van der Waals surface area contributed by atoms with Crippen LogP contribution in [0.3, 0.4) is 0 Å². The van der Waals surface area contributed by atoms with E-state index in [9.17, 15) is 0 Å². The molecule has 1 aliphatic rings. The predicted molar refractivity (Wildman–Crippen MR) is 60.4 cm³/mol. The monoisotopic (exact) mass is 286 g/mol. The van der Waals surface area contributed by atoms with Gasteiger partial charge >= 0.3 is 0 Å². The molecule has 0 saturated heterocycles. The van der Waals surface area contributed by atoms with Crippen molar-refractivity contribution in [2.45, 2.75) is 6.42 Å². The van der Waals surface area contributed by atoms with Gasteiger partial charge in [-0.2, -0.15) is 0 Å². The van der Waals surface area contributed by atoms with Crippen LogP contribution >= 0.6 is 0 Å². The van der Waals surface area contributed by atoms with E-state index in [0.717, 1.165) is 6.42 Å².